The van der Waals surface area contributed by atoms with Gasteiger partial charge >= 0.3 is 0 Å². The van der Waals surface area contributed by atoms with E-state index in [1.165, 1.54) is 231 Å². The lowest BCUT2D eigenvalue weighted by molar-refractivity contribution is -0.379. The number of nitrogens with one attached hydrogen (secondary N) is 1. The molecule has 3 aliphatic heterocycles. The Labute approximate surface area is 648 Å². The Hall–Kier alpha value is -3.03. The van der Waals surface area contributed by atoms with Crippen LogP contribution < -0.4 is 5.32 Å². The number of hydrogen-bond acceptors (Lipinski definition) is 18. The van der Waals surface area contributed by atoms with Crippen LogP contribution in [0.1, 0.15) is 335 Å². The highest BCUT2D eigenvalue weighted by Crippen LogP contribution is 2.33. The molecule has 0 aliphatic carbocycles. The Bertz CT molecular complexity index is 2260. The van der Waals surface area contributed by atoms with Gasteiger partial charge in [0.1, 0.15) is 73.2 Å². The third kappa shape index (κ3) is 46.7. The average Bonchev–Trinajstić information content (AvgIpc) is 0.781. The van der Waals surface area contributed by atoms with E-state index in [1.54, 1.807) is 6.08 Å². The Kier molecular flexibility index (Phi) is 61.9. The second-order valence-electron chi connectivity index (χ2n) is 30.6. The van der Waals surface area contributed by atoms with Crippen LogP contribution in [0.2, 0.25) is 0 Å². The zero-order valence-electron chi connectivity index (χ0n) is 66.9. The summed E-state index contributed by atoms with van der Waals surface area (Å²) in [6.07, 6.45) is 64.5. The van der Waals surface area contributed by atoms with Crippen molar-refractivity contribution < 1.29 is 89.4 Å². The highest BCUT2D eigenvalue weighted by Gasteiger charge is 2.54. The van der Waals surface area contributed by atoms with Gasteiger partial charge in [-0.3, -0.25) is 4.79 Å². The van der Waals surface area contributed by atoms with E-state index in [0.717, 1.165) is 70.6 Å². The van der Waals surface area contributed by atoms with Gasteiger partial charge in [-0.25, -0.2) is 0 Å². The summed E-state index contributed by atoms with van der Waals surface area (Å²) in [6, 6.07) is -1.00. The first-order chi connectivity index (χ1) is 52.3. The van der Waals surface area contributed by atoms with Crippen molar-refractivity contribution in [3.8, 4) is 0 Å². The van der Waals surface area contributed by atoms with Gasteiger partial charge in [0.25, 0.3) is 0 Å². The molecule has 0 spiro atoms. The molecule has 1 amide bonds. The van der Waals surface area contributed by atoms with Crippen molar-refractivity contribution in [2.24, 2.45) is 0 Å². The molecular formula is C88H157NO18. The molecular weight excluding hydrogens is 1360 g/mol. The monoisotopic (exact) mass is 1520 g/mol. The van der Waals surface area contributed by atoms with Crippen LogP contribution in [0, 0.1) is 0 Å². The molecule has 622 valence electrons. The Morgan fingerprint density at radius 1 is 0.346 bits per heavy atom. The molecule has 0 bridgehead atoms. The van der Waals surface area contributed by atoms with Gasteiger partial charge in [-0.15, -0.1) is 0 Å². The quantitative estimate of drug-likeness (QED) is 0.0199. The molecule has 0 aromatic heterocycles. The maximum absolute atomic E-state index is 13.5. The van der Waals surface area contributed by atoms with Gasteiger partial charge in [0.15, 0.2) is 18.9 Å². The normalized spacial score (nSPS) is 25.9. The number of ether oxygens (including phenoxy) is 6. The molecule has 19 nitrogen and oxygen atoms in total. The lowest BCUT2D eigenvalue weighted by atomic mass is 9.96. The Morgan fingerprint density at radius 3 is 1.05 bits per heavy atom. The zero-order chi connectivity index (χ0) is 77.4. The first-order valence-electron chi connectivity index (χ1n) is 43.3. The van der Waals surface area contributed by atoms with Gasteiger partial charge in [-0.1, -0.05) is 330 Å². The van der Waals surface area contributed by atoms with Crippen LogP contribution in [0.5, 0.6) is 0 Å². The first kappa shape index (κ1) is 98.2. The molecule has 3 saturated heterocycles. The number of aliphatic hydroxyl groups excluding tert-OH is 11. The van der Waals surface area contributed by atoms with Gasteiger partial charge in [0.05, 0.1) is 38.6 Å². The van der Waals surface area contributed by atoms with E-state index in [2.05, 4.69) is 92.1 Å². The standard InChI is InChI=1S/C88H157NO18/c1-3-5-7-9-11-13-15-17-19-21-23-25-27-29-31-32-33-34-35-36-37-38-40-42-44-46-48-50-52-54-56-58-60-62-64-66-76(94)89-71(72(93)65-63-61-59-57-55-53-51-49-47-45-43-41-39-30-28-26-24-22-20-18-16-14-12-10-8-6-4-2)70-102-86-82(100)79(97)84(74(68-91)104-86)107-88-83(101)80(98)85(75(69-92)105-88)106-87-81(99)78(96)77(95)73(67-90)103-87/h5,7,11,13,17,19,23,25,47,49,55,57,63,65,71-75,77-88,90-93,95-101H,3-4,6,8-10,12,14-16,18,20-22,24,26-46,48,50-54,56,58-62,64,66-70H2,1-2H3,(H,89,94)/b7-5-,13-11-,19-17-,25-23-,49-47+,57-55+,65-63+. The van der Waals surface area contributed by atoms with Gasteiger partial charge in [0.2, 0.25) is 5.91 Å². The fourth-order valence-corrected chi connectivity index (χ4v) is 14.3. The maximum atomic E-state index is 13.5. The van der Waals surface area contributed by atoms with Crippen molar-refractivity contribution >= 4 is 5.91 Å². The minimum atomic E-state index is -1.99. The van der Waals surface area contributed by atoms with Crippen molar-refractivity contribution in [1.29, 1.82) is 0 Å². The first-order valence-corrected chi connectivity index (χ1v) is 43.3. The van der Waals surface area contributed by atoms with Crippen LogP contribution in [0.4, 0.5) is 0 Å². The third-order valence-corrected chi connectivity index (χ3v) is 21.2. The lowest BCUT2D eigenvalue weighted by Gasteiger charge is -2.48. The van der Waals surface area contributed by atoms with Crippen molar-refractivity contribution in [2.45, 2.75) is 439 Å². The van der Waals surface area contributed by atoms with E-state index in [9.17, 15) is 61.0 Å². The highest BCUT2D eigenvalue weighted by molar-refractivity contribution is 5.76. The van der Waals surface area contributed by atoms with Crippen molar-refractivity contribution in [2.75, 3.05) is 26.4 Å². The molecule has 17 atom stereocenters. The Balaban J connectivity index is 1.35. The largest absolute Gasteiger partial charge is 0.394 e. The van der Waals surface area contributed by atoms with Gasteiger partial charge < -0.3 is 89.9 Å². The molecule has 3 fully saturated rings. The number of rotatable bonds is 69. The maximum Gasteiger partial charge on any atom is 0.220 e. The third-order valence-electron chi connectivity index (χ3n) is 21.2. The summed E-state index contributed by atoms with van der Waals surface area (Å²) in [5, 5.41) is 121. The molecule has 0 radical (unpaired) electrons. The summed E-state index contributed by atoms with van der Waals surface area (Å²) < 4.78 is 34.5. The number of amides is 1. The highest BCUT2D eigenvalue weighted by atomic mass is 16.8. The number of carbonyl (C=O) groups is 1. The topological polar surface area (TPSA) is 307 Å². The van der Waals surface area contributed by atoms with E-state index in [0.29, 0.717) is 12.8 Å². The van der Waals surface area contributed by atoms with Crippen molar-refractivity contribution in [3.63, 3.8) is 0 Å². The minimum absolute atomic E-state index is 0.232. The van der Waals surface area contributed by atoms with Crippen LogP contribution >= 0.6 is 0 Å². The second-order valence-corrected chi connectivity index (χ2v) is 30.6. The lowest BCUT2D eigenvalue weighted by Crippen LogP contribution is -2.66. The fraction of sp³-hybridized carbons (Fsp3) is 0.830. The van der Waals surface area contributed by atoms with Crippen LogP contribution in [0.25, 0.3) is 0 Å². The number of aliphatic hydroxyl groups is 11. The molecule has 3 rings (SSSR count). The number of unbranched alkanes of at least 4 members (excludes halogenated alkanes) is 41. The average molecular weight is 1520 g/mol. The van der Waals surface area contributed by atoms with Crippen LogP contribution in [0.15, 0.2) is 85.1 Å². The minimum Gasteiger partial charge on any atom is -0.394 e. The zero-order valence-corrected chi connectivity index (χ0v) is 66.9. The van der Waals surface area contributed by atoms with E-state index in [-0.39, 0.29) is 18.9 Å². The molecule has 19 heteroatoms. The molecule has 17 unspecified atom stereocenters. The summed E-state index contributed by atoms with van der Waals surface area (Å²) in [7, 11) is 0. The molecule has 12 N–H and O–H groups in total. The van der Waals surface area contributed by atoms with E-state index in [4.69, 9.17) is 28.4 Å². The molecule has 3 heterocycles. The number of allylic oxidation sites excluding steroid dienone is 13. The molecule has 107 heavy (non-hydrogen) atoms. The van der Waals surface area contributed by atoms with Gasteiger partial charge in [-0.2, -0.15) is 0 Å². The predicted octanol–water partition coefficient (Wildman–Crippen LogP) is 15.7. The predicted molar refractivity (Wildman–Crippen MR) is 429 cm³/mol. The molecule has 3 aliphatic rings. The van der Waals surface area contributed by atoms with Gasteiger partial charge in [-0.05, 0) is 83.5 Å². The van der Waals surface area contributed by atoms with E-state index in [1.807, 2.05) is 6.08 Å². The van der Waals surface area contributed by atoms with Crippen molar-refractivity contribution in [1.82, 2.24) is 5.32 Å². The fourth-order valence-electron chi connectivity index (χ4n) is 14.3. The number of hydrogen-bond donors (Lipinski definition) is 12. The van der Waals surface area contributed by atoms with E-state index >= 15 is 0 Å². The summed E-state index contributed by atoms with van der Waals surface area (Å²) in [4.78, 5) is 13.5. The van der Waals surface area contributed by atoms with Crippen LogP contribution in [-0.4, -0.2) is 193 Å². The smallest absolute Gasteiger partial charge is 0.220 e. The summed E-state index contributed by atoms with van der Waals surface area (Å²) in [5.41, 5.74) is 0. The summed E-state index contributed by atoms with van der Waals surface area (Å²) >= 11 is 0. The van der Waals surface area contributed by atoms with E-state index < -0.39 is 124 Å². The molecule has 0 saturated carbocycles. The number of carbonyl (C=O) groups excluding carboxylic acids is 1. The second kappa shape index (κ2) is 67.5. The molecule has 0 aromatic carbocycles. The van der Waals surface area contributed by atoms with Crippen LogP contribution in [-0.2, 0) is 33.2 Å². The molecule has 0 aromatic rings. The van der Waals surface area contributed by atoms with Crippen molar-refractivity contribution in [3.05, 3.63) is 85.1 Å². The Morgan fingerprint density at radius 2 is 0.654 bits per heavy atom. The van der Waals surface area contributed by atoms with Crippen LogP contribution in [0.3, 0.4) is 0 Å². The summed E-state index contributed by atoms with van der Waals surface area (Å²) in [6.45, 7) is 1.64. The summed E-state index contributed by atoms with van der Waals surface area (Å²) in [5.74, 6) is -0.285. The van der Waals surface area contributed by atoms with Gasteiger partial charge in [0, 0.05) is 6.42 Å². The SMILES string of the molecule is CC/C=C\C/C=C\C/C=C\C/C=C\CCCCCCCCCCCCCCCCCCCCCCCCC(=O)NC(COC1OC(CO)C(OC2OC(CO)C(OC3OC(CO)C(O)C(O)C3O)C(O)C2O)C(O)C1O)C(O)/C=C/CC/C=C/CC/C=C/CCCCCCCCCCCCCCCCCCC.